The second kappa shape index (κ2) is 7.26. The first-order valence-corrected chi connectivity index (χ1v) is 9.14. The highest BCUT2D eigenvalue weighted by Crippen LogP contribution is 2.24. The Morgan fingerprint density at radius 1 is 1.26 bits per heavy atom. The average Bonchev–Trinajstić information content (AvgIpc) is 3.40. The van der Waals surface area contributed by atoms with Gasteiger partial charge in [-0.1, -0.05) is 18.2 Å². The van der Waals surface area contributed by atoms with Crippen LogP contribution in [0.4, 0.5) is 0 Å². The lowest BCUT2D eigenvalue weighted by atomic mass is 10.2. The Balaban J connectivity index is 1.37. The van der Waals surface area contributed by atoms with E-state index in [2.05, 4.69) is 28.3 Å². The van der Waals surface area contributed by atoms with Crippen molar-refractivity contribution in [2.24, 2.45) is 0 Å². The Labute approximate surface area is 157 Å². The topological polar surface area (TPSA) is 76.0 Å². The van der Waals surface area contributed by atoms with E-state index in [1.807, 2.05) is 46.8 Å². The van der Waals surface area contributed by atoms with Crippen LogP contribution in [0, 0.1) is 13.8 Å². The lowest BCUT2D eigenvalue weighted by molar-refractivity contribution is 0.0781. The van der Waals surface area contributed by atoms with E-state index in [1.165, 1.54) is 0 Å². The highest BCUT2D eigenvalue weighted by atomic mass is 16.5. The van der Waals surface area contributed by atoms with Crippen molar-refractivity contribution in [3.05, 3.63) is 65.2 Å². The number of rotatable bonds is 5. The minimum Gasteiger partial charge on any atom is -0.487 e. The van der Waals surface area contributed by atoms with Gasteiger partial charge in [-0.3, -0.25) is 14.6 Å². The smallest absolute Gasteiger partial charge is 0.274 e. The van der Waals surface area contributed by atoms with E-state index in [-0.39, 0.29) is 11.9 Å². The van der Waals surface area contributed by atoms with E-state index in [1.54, 1.807) is 6.07 Å². The van der Waals surface area contributed by atoms with E-state index in [4.69, 9.17) is 4.74 Å². The molecule has 0 saturated carbocycles. The van der Waals surface area contributed by atoms with Crippen molar-refractivity contribution < 1.29 is 9.53 Å². The molecular formula is C20H23N5O2. The molecule has 7 heteroatoms. The highest BCUT2D eigenvalue weighted by Gasteiger charge is 2.30. The molecule has 1 N–H and O–H groups in total. The van der Waals surface area contributed by atoms with Crippen LogP contribution in [-0.4, -0.2) is 43.9 Å². The summed E-state index contributed by atoms with van der Waals surface area (Å²) in [7, 11) is 0. The summed E-state index contributed by atoms with van der Waals surface area (Å²) in [5.41, 5.74) is 3.34. The Morgan fingerprint density at radius 3 is 2.81 bits per heavy atom. The maximum Gasteiger partial charge on any atom is 0.274 e. The number of nitrogens with one attached hydrogen (secondary N) is 1. The maximum atomic E-state index is 12.8. The predicted molar refractivity (Wildman–Crippen MR) is 101 cm³/mol. The number of benzene rings is 1. The highest BCUT2D eigenvalue weighted by molar-refractivity contribution is 5.92. The van der Waals surface area contributed by atoms with Gasteiger partial charge in [0.05, 0.1) is 17.4 Å². The molecule has 1 atom stereocenters. The van der Waals surface area contributed by atoms with Gasteiger partial charge in [0, 0.05) is 18.8 Å². The van der Waals surface area contributed by atoms with Gasteiger partial charge in [0.1, 0.15) is 12.4 Å². The van der Waals surface area contributed by atoms with Crippen LogP contribution < -0.4 is 4.74 Å². The van der Waals surface area contributed by atoms with E-state index < -0.39 is 0 Å². The van der Waals surface area contributed by atoms with Crippen LogP contribution in [-0.2, 0) is 6.61 Å². The van der Waals surface area contributed by atoms with Gasteiger partial charge in [-0.25, -0.2) is 0 Å². The first-order valence-electron chi connectivity index (χ1n) is 9.14. The van der Waals surface area contributed by atoms with Gasteiger partial charge in [-0.05, 0) is 44.5 Å². The molecule has 140 valence electrons. The standard InChI is InChI=1S/C20H23N5O2/c1-14-10-15(2)25(23-14)17-8-9-24(12-17)20(26)19-11-16(21-22-19)13-27-18-6-4-3-5-7-18/h3-7,10-11,17H,8-9,12-13H2,1-2H3,(H,21,22)/t17-/m0/s1. The van der Waals surface area contributed by atoms with Gasteiger partial charge >= 0.3 is 0 Å². The summed E-state index contributed by atoms with van der Waals surface area (Å²) in [5.74, 6) is 0.730. The summed E-state index contributed by atoms with van der Waals surface area (Å²) >= 11 is 0. The fourth-order valence-corrected chi connectivity index (χ4v) is 3.53. The molecule has 1 fully saturated rings. The zero-order valence-electron chi connectivity index (χ0n) is 15.6. The number of H-pyrrole nitrogens is 1. The second-order valence-electron chi connectivity index (χ2n) is 6.95. The average molecular weight is 365 g/mol. The lowest BCUT2D eigenvalue weighted by Gasteiger charge is -2.16. The quantitative estimate of drug-likeness (QED) is 0.754. The number of para-hydroxylation sites is 1. The van der Waals surface area contributed by atoms with E-state index in [9.17, 15) is 4.79 Å². The summed E-state index contributed by atoms with van der Waals surface area (Å²) in [5, 5.41) is 11.6. The number of likely N-dealkylation sites (tertiary alicyclic amines) is 1. The molecule has 4 rings (SSSR count). The number of aromatic nitrogens is 4. The fraction of sp³-hybridized carbons (Fsp3) is 0.350. The molecule has 2 aromatic heterocycles. The maximum absolute atomic E-state index is 12.8. The molecule has 3 aromatic rings. The Morgan fingerprint density at radius 2 is 2.07 bits per heavy atom. The molecule has 1 saturated heterocycles. The Hall–Kier alpha value is -3.09. The second-order valence-corrected chi connectivity index (χ2v) is 6.95. The molecule has 1 amide bonds. The molecule has 0 bridgehead atoms. The first-order chi connectivity index (χ1) is 13.1. The summed E-state index contributed by atoms with van der Waals surface area (Å²) in [6.07, 6.45) is 0.905. The van der Waals surface area contributed by atoms with Crippen LogP contribution in [0.3, 0.4) is 0 Å². The summed E-state index contributed by atoms with van der Waals surface area (Å²) in [6.45, 7) is 5.76. The van der Waals surface area contributed by atoms with Gasteiger partial charge in [-0.15, -0.1) is 0 Å². The monoisotopic (exact) mass is 365 g/mol. The number of ether oxygens (including phenoxy) is 1. The van der Waals surface area contributed by atoms with Crippen molar-refractivity contribution in [2.45, 2.75) is 32.9 Å². The van der Waals surface area contributed by atoms with Crippen LogP contribution in [0.25, 0.3) is 0 Å². The van der Waals surface area contributed by atoms with Gasteiger partial charge in [0.2, 0.25) is 0 Å². The number of hydrogen-bond donors (Lipinski definition) is 1. The van der Waals surface area contributed by atoms with Gasteiger partial charge in [-0.2, -0.15) is 10.2 Å². The molecule has 27 heavy (non-hydrogen) atoms. The van der Waals surface area contributed by atoms with Gasteiger partial charge in [0.25, 0.3) is 5.91 Å². The number of aromatic amines is 1. The molecule has 1 aromatic carbocycles. The molecule has 0 radical (unpaired) electrons. The number of carbonyl (C=O) groups is 1. The van der Waals surface area contributed by atoms with Gasteiger partial charge < -0.3 is 9.64 Å². The third kappa shape index (κ3) is 3.72. The zero-order chi connectivity index (χ0) is 18.8. The van der Waals surface area contributed by atoms with Crippen molar-refractivity contribution in [1.29, 1.82) is 0 Å². The SMILES string of the molecule is Cc1cc(C)n([C@H]2CCN(C(=O)c3cc(COc4ccccc4)[nH]n3)C2)n1. The normalized spacial score (nSPS) is 16.7. The van der Waals surface area contributed by atoms with Crippen molar-refractivity contribution in [3.8, 4) is 5.75 Å². The van der Waals surface area contributed by atoms with E-state index in [0.29, 0.717) is 25.4 Å². The number of hydrogen-bond acceptors (Lipinski definition) is 4. The molecule has 1 aliphatic rings. The van der Waals surface area contributed by atoms with Crippen molar-refractivity contribution in [1.82, 2.24) is 24.9 Å². The van der Waals surface area contributed by atoms with Gasteiger partial charge in [0.15, 0.2) is 5.69 Å². The molecular weight excluding hydrogens is 342 g/mol. The number of amides is 1. The minimum atomic E-state index is -0.0544. The molecule has 3 heterocycles. The first kappa shape index (κ1) is 17.3. The summed E-state index contributed by atoms with van der Waals surface area (Å²) in [4.78, 5) is 14.6. The minimum absolute atomic E-state index is 0.0544. The molecule has 1 aliphatic heterocycles. The molecule has 0 unspecified atom stereocenters. The van der Waals surface area contributed by atoms with Crippen LogP contribution in [0.1, 0.15) is 40.0 Å². The van der Waals surface area contributed by atoms with Crippen LogP contribution >= 0.6 is 0 Å². The predicted octanol–water partition coefficient (Wildman–Crippen LogP) is 2.89. The molecule has 0 spiro atoms. The number of carbonyl (C=O) groups excluding carboxylic acids is 1. The van der Waals surface area contributed by atoms with Crippen molar-refractivity contribution in [3.63, 3.8) is 0 Å². The molecule has 0 aliphatic carbocycles. The molecule has 7 nitrogen and oxygen atoms in total. The zero-order valence-corrected chi connectivity index (χ0v) is 15.6. The largest absolute Gasteiger partial charge is 0.487 e. The third-order valence-electron chi connectivity index (χ3n) is 4.83. The fourth-order valence-electron chi connectivity index (χ4n) is 3.53. The van der Waals surface area contributed by atoms with E-state index >= 15 is 0 Å². The lowest BCUT2D eigenvalue weighted by Crippen LogP contribution is -2.29. The number of aryl methyl sites for hydroxylation is 2. The third-order valence-corrected chi connectivity index (χ3v) is 4.83. The number of nitrogens with zero attached hydrogens (tertiary/aromatic N) is 4. The van der Waals surface area contributed by atoms with E-state index in [0.717, 1.165) is 29.3 Å². The van der Waals surface area contributed by atoms with Crippen LogP contribution in [0.5, 0.6) is 5.75 Å². The summed E-state index contributed by atoms with van der Waals surface area (Å²) in [6, 6.07) is 13.6. The van der Waals surface area contributed by atoms with Crippen LogP contribution in [0.15, 0.2) is 42.5 Å². The van der Waals surface area contributed by atoms with Crippen molar-refractivity contribution in [2.75, 3.05) is 13.1 Å². The summed E-state index contributed by atoms with van der Waals surface area (Å²) < 4.78 is 7.73. The van der Waals surface area contributed by atoms with Crippen molar-refractivity contribution >= 4 is 5.91 Å². The van der Waals surface area contributed by atoms with Crippen LogP contribution in [0.2, 0.25) is 0 Å². The Kier molecular flexibility index (Phi) is 4.66. The Bertz CT molecular complexity index is 931.